The lowest BCUT2D eigenvalue weighted by Crippen LogP contribution is -2.29. The van der Waals surface area contributed by atoms with Gasteiger partial charge in [0.1, 0.15) is 11.5 Å². The summed E-state index contributed by atoms with van der Waals surface area (Å²) >= 11 is 6.39. The van der Waals surface area contributed by atoms with E-state index in [-0.39, 0.29) is 11.3 Å². The molecule has 7 heteroatoms. The largest absolute Gasteiger partial charge is 0.507 e. The Bertz CT molecular complexity index is 1500. The van der Waals surface area contributed by atoms with Crippen LogP contribution in [-0.4, -0.2) is 28.4 Å². The van der Waals surface area contributed by atoms with Crippen molar-refractivity contribution in [3.05, 3.63) is 100 Å². The van der Waals surface area contributed by atoms with Gasteiger partial charge in [-0.3, -0.25) is 14.5 Å². The molecular weight excluding hydrogens is 476 g/mol. The first-order chi connectivity index (χ1) is 17.4. The van der Waals surface area contributed by atoms with Crippen LogP contribution in [0.15, 0.2) is 78.5 Å². The molecule has 2 heterocycles. The lowest BCUT2D eigenvalue weighted by atomic mass is 9.94. The second-order valence-corrected chi connectivity index (χ2v) is 9.17. The quantitative estimate of drug-likeness (QED) is 0.179. The van der Waals surface area contributed by atoms with Gasteiger partial charge in [0, 0.05) is 38.9 Å². The number of aryl methyl sites for hydroxylation is 1. The topological polar surface area (TPSA) is 82.6 Å². The molecule has 0 saturated carbocycles. The van der Waals surface area contributed by atoms with Gasteiger partial charge in [-0.25, -0.2) is 0 Å². The Morgan fingerprint density at radius 1 is 1.08 bits per heavy atom. The van der Waals surface area contributed by atoms with Gasteiger partial charge in [-0.1, -0.05) is 42.8 Å². The molecule has 1 amide bonds. The molecule has 5 rings (SSSR count). The number of aliphatic hydroxyl groups is 1. The van der Waals surface area contributed by atoms with Gasteiger partial charge in [0.05, 0.1) is 18.2 Å². The highest BCUT2D eigenvalue weighted by Crippen LogP contribution is 2.44. The smallest absolute Gasteiger partial charge is 0.300 e. The van der Waals surface area contributed by atoms with E-state index >= 15 is 0 Å². The van der Waals surface area contributed by atoms with Crippen LogP contribution < -0.4 is 9.64 Å². The number of benzene rings is 3. The summed E-state index contributed by atoms with van der Waals surface area (Å²) in [5.74, 6) is -1.07. The number of aromatic nitrogens is 1. The van der Waals surface area contributed by atoms with Gasteiger partial charge in [0.15, 0.2) is 0 Å². The zero-order valence-corrected chi connectivity index (χ0v) is 20.7. The third kappa shape index (κ3) is 4.03. The predicted octanol–water partition coefficient (Wildman–Crippen LogP) is 6.54. The van der Waals surface area contributed by atoms with Gasteiger partial charge in [-0.2, -0.15) is 0 Å². The molecule has 3 aromatic carbocycles. The Balaban J connectivity index is 1.69. The standard InChI is InChI=1S/C29H25ClN2O4/c1-3-14-36-20-12-9-18(10-13-20)27(33)25-26(22-16-31-24-7-5-4-6-21(22)24)32(29(35)28(25)34)19-11-8-17(2)23(30)15-19/h4-13,15-16,26,31,33H,3,14H2,1-2H3/b27-25+. The van der Waals surface area contributed by atoms with E-state index in [1.807, 2.05) is 38.1 Å². The number of halogens is 1. The third-order valence-electron chi connectivity index (χ3n) is 6.39. The monoisotopic (exact) mass is 500 g/mol. The van der Waals surface area contributed by atoms with Crippen LogP contribution in [0, 0.1) is 6.92 Å². The van der Waals surface area contributed by atoms with E-state index in [1.165, 1.54) is 4.90 Å². The summed E-state index contributed by atoms with van der Waals surface area (Å²) in [5.41, 5.74) is 3.33. The van der Waals surface area contributed by atoms with Crippen LogP contribution in [0.1, 0.15) is 36.1 Å². The highest BCUT2D eigenvalue weighted by atomic mass is 35.5. The van der Waals surface area contributed by atoms with E-state index in [4.69, 9.17) is 16.3 Å². The van der Waals surface area contributed by atoms with Crippen molar-refractivity contribution in [2.45, 2.75) is 26.3 Å². The summed E-state index contributed by atoms with van der Waals surface area (Å²) in [7, 11) is 0. The predicted molar refractivity (Wildman–Crippen MR) is 141 cm³/mol. The summed E-state index contributed by atoms with van der Waals surface area (Å²) in [6.45, 7) is 4.46. The van der Waals surface area contributed by atoms with E-state index in [0.29, 0.717) is 34.2 Å². The number of ether oxygens (including phenoxy) is 1. The number of hydrogen-bond donors (Lipinski definition) is 2. The van der Waals surface area contributed by atoms with Crippen LogP contribution >= 0.6 is 11.6 Å². The molecule has 1 unspecified atom stereocenters. The molecule has 1 aliphatic heterocycles. The van der Waals surface area contributed by atoms with Crippen molar-refractivity contribution in [2.75, 3.05) is 11.5 Å². The van der Waals surface area contributed by atoms with E-state index in [9.17, 15) is 14.7 Å². The highest BCUT2D eigenvalue weighted by Gasteiger charge is 2.47. The molecule has 0 radical (unpaired) electrons. The number of rotatable bonds is 6. The van der Waals surface area contributed by atoms with E-state index in [2.05, 4.69) is 4.98 Å². The molecule has 36 heavy (non-hydrogen) atoms. The Kier molecular flexibility index (Phi) is 6.29. The maximum atomic E-state index is 13.4. The first-order valence-electron chi connectivity index (χ1n) is 11.8. The number of amides is 1. The van der Waals surface area contributed by atoms with E-state index < -0.39 is 17.7 Å². The number of nitrogens with one attached hydrogen (secondary N) is 1. The molecule has 182 valence electrons. The summed E-state index contributed by atoms with van der Waals surface area (Å²) < 4.78 is 5.63. The summed E-state index contributed by atoms with van der Waals surface area (Å²) in [6.07, 6.45) is 2.65. The average Bonchev–Trinajstić information content (AvgIpc) is 3.43. The number of carbonyl (C=O) groups excluding carboxylic acids is 2. The number of para-hydroxylation sites is 1. The van der Waals surface area contributed by atoms with Crippen LogP contribution in [0.25, 0.3) is 16.7 Å². The molecule has 4 aromatic rings. The van der Waals surface area contributed by atoms with Crippen LogP contribution in [0.3, 0.4) is 0 Å². The second-order valence-electron chi connectivity index (χ2n) is 8.77. The summed E-state index contributed by atoms with van der Waals surface area (Å²) in [6, 6.07) is 18.9. The van der Waals surface area contributed by atoms with Crippen molar-refractivity contribution >= 4 is 45.6 Å². The molecule has 0 spiro atoms. The van der Waals surface area contributed by atoms with Gasteiger partial charge >= 0.3 is 0 Å². The molecule has 1 fully saturated rings. The van der Waals surface area contributed by atoms with Crippen LogP contribution in [0.5, 0.6) is 5.75 Å². The molecule has 1 saturated heterocycles. The minimum atomic E-state index is -0.851. The Hall–Kier alpha value is -4.03. The van der Waals surface area contributed by atoms with Crippen molar-refractivity contribution < 1.29 is 19.4 Å². The Labute approximate surface area is 213 Å². The van der Waals surface area contributed by atoms with Crippen molar-refractivity contribution in [2.24, 2.45) is 0 Å². The Morgan fingerprint density at radius 3 is 2.56 bits per heavy atom. The lowest BCUT2D eigenvalue weighted by molar-refractivity contribution is -0.132. The van der Waals surface area contributed by atoms with Crippen molar-refractivity contribution in [1.29, 1.82) is 0 Å². The van der Waals surface area contributed by atoms with Gasteiger partial charge in [-0.05, 0) is 61.4 Å². The van der Waals surface area contributed by atoms with Crippen LogP contribution in [-0.2, 0) is 9.59 Å². The fourth-order valence-corrected chi connectivity index (χ4v) is 4.70. The molecule has 2 N–H and O–H groups in total. The van der Waals surface area contributed by atoms with E-state index in [0.717, 1.165) is 22.9 Å². The minimum absolute atomic E-state index is 0.0173. The normalized spacial score (nSPS) is 17.2. The first kappa shape index (κ1) is 23.7. The van der Waals surface area contributed by atoms with Crippen molar-refractivity contribution in [3.63, 3.8) is 0 Å². The number of carbonyl (C=O) groups is 2. The first-order valence-corrected chi connectivity index (χ1v) is 12.1. The van der Waals surface area contributed by atoms with E-state index in [1.54, 1.807) is 48.7 Å². The number of fused-ring (bicyclic) bond motifs is 1. The highest BCUT2D eigenvalue weighted by molar-refractivity contribution is 6.52. The molecule has 1 aromatic heterocycles. The van der Waals surface area contributed by atoms with Crippen LogP contribution in [0.4, 0.5) is 5.69 Å². The zero-order valence-electron chi connectivity index (χ0n) is 19.9. The summed E-state index contributed by atoms with van der Waals surface area (Å²) in [4.78, 5) is 31.5. The molecule has 0 aliphatic carbocycles. The third-order valence-corrected chi connectivity index (χ3v) is 6.80. The fraction of sp³-hybridized carbons (Fsp3) is 0.172. The molecule has 1 atom stereocenters. The number of ketones is 1. The molecule has 1 aliphatic rings. The maximum Gasteiger partial charge on any atom is 0.300 e. The second kappa shape index (κ2) is 9.55. The zero-order chi connectivity index (χ0) is 25.4. The number of aliphatic hydroxyl groups excluding tert-OH is 1. The molecule has 0 bridgehead atoms. The lowest BCUT2D eigenvalue weighted by Gasteiger charge is -2.25. The number of Topliss-reactive ketones (excluding diaryl/α,β-unsaturated/α-hetero) is 1. The van der Waals surface area contributed by atoms with Crippen LogP contribution in [0.2, 0.25) is 5.02 Å². The van der Waals surface area contributed by atoms with Gasteiger partial charge < -0.3 is 14.8 Å². The van der Waals surface area contributed by atoms with Crippen molar-refractivity contribution in [3.8, 4) is 5.75 Å². The van der Waals surface area contributed by atoms with Gasteiger partial charge in [-0.15, -0.1) is 0 Å². The SMILES string of the molecule is CCCOc1ccc(/C(O)=C2\C(=O)C(=O)N(c3ccc(C)c(Cl)c3)C2c2c[nH]c3ccccc23)cc1. The maximum absolute atomic E-state index is 13.4. The summed E-state index contributed by atoms with van der Waals surface area (Å²) in [5, 5.41) is 12.7. The number of H-pyrrole nitrogens is 1. The number of nitrogens with zero attached hydrogens (tertiary/aromatic N) is 1. The van der Waals surface area contributed by atoms with Gasteiger partial charge in [0.2, 0.25) is 0 Å². The number of anilines is 1. The Morgan fingerprint density at radius 2 is 1.83 bits per heavy atom. The minimum Gasteiger partial charge on any atom is -0.507 e. The number of hydrogen-bond acceptors (Lipinski definition) is 4. The molecular formula is C29H25ClN2O4. The molecule has 6 nitrogen and oxygen atoms in total. The van der Waals surface area contributed by atoms with Crippen molar-refractivity contribution in [1.82, 2.24) is 4.98 Å². The van der Waals surface area contributed by atoms with Gasteiger partial charge in [0.25, 0.3) is 11.7 Å². The number of aromatic amines is 1. The average molecular weight is 501 g/mol. The fourth-order valence-electron chi connectivity index (χ4n) is 4.53.